The highest BCUT2D eigenvalue weighted by Crippen LogP contribution is 2.41. The summed E-state index contributed by atoms with van der Waals surface area (Å²) in [5.41, 5.74) is 0. The van der Waals surface area contributed by atoms with Gasteiger partial charge in [0.1, 0.15) is 0 Å². The van der Waals surface area contributed by atoms with E-state index < -0.39 is 0 Å². The topological polar surface area (TPSA) is 0 Å². The molecule has 2 rings (SSSR count). The molecule has 2 unspecified atom stereocenters. The Morgan fingerprint density at radius 3 is 1.91 bits per heavy atom. The van der Waals surface area contributed by atoms with Crippen LogP contribution >= 0.6 is 0 Å². The smallest absolute Gasteiger partial charge is 0.0233 e. The monoisotopic (exact) mass is 316 g/mol. The molecule has 0 saturated heterocycles. The fourth-order valence-electron chi connectivity index (χ4n) is 4.65. The Labute approximate surface area is 145 Å². The van der Waals surface area contributed by atoms with E-state index >= 15 is 0 Å². The lowest BCUT2D eigenvalue weighted by Crippen LogP contribution is -2.24. The van der Waals surface area contributed by atoms with Gasteiger partial charge in [0.05, 0.1) is 0 Å². The molecule has 0 aromatic carbocycles. The van der Waals surface area contributed by atoms with Crippen LogP contribution in [-0.2, 0) is 0 Å². The fourth-order valence-corrected chi connectivity index (χ4v) is 4.65. The summed E-state index contributed by atoms with van der Waals surface area (Å²) in [6.07, 6.45) is 21.6. The fraction of sp³-hybridized carbons (Fsp3) is 0.826. The summed E-state index contributed by atoms with van der Waals surface area (Å²) in [7, 11) is 0. The predicted octanol–water partition coefficient (Wildman–Crippen LogP) is 7.41. The lowest BCUT2D eigenvalue weighted by molar-refractivity contribution is 0.160. The zero-order chi connectivity index (χ0) is 16.7. The van der Waals surface area contributed by atoms with Crippen LogP contribution in [0.2, 0.25) is 0 Å². The minimum absolute atomic E-state index is 0.666. The first-order valence-corrected chi connectivity index (χ1v) is 10.4. The van der Waals surface area contributed by atoms with Gasteiger partial charge in [0, 0.05) is 0 Å². The van der Waals surface area contributed by atoms with E-state index in [0.717, 1.165) is 29.6 Å². The van der Waals surface area contributed by atoms with E-state index in [1.807, 2.05) is 0 Å². The number of hydrogen-bond acceptors (Lipinski definition) is 0. The van der Waals surface area contributed by atoms with Crippen LogP contribution in [0.1, 0.15) is 85.0 Å². The van der Waals surface area contributed by atoms with E-state index in [-0.39, 0.29) is 0 Å². The Bertz CT molecular complexity index is 350. The van der Waals surface area contributed by atoms with Crippen LogP contribution in [0.5, 0.6) is 0 Å². The molecule has 0 aromatic rings. The SMILES string of the molecule is C=CC(C)CCC(C)/C=C/C1CCC(C2CCC(C)CC2)CC1. The van der Waals surface area contributed by atoms with Gasteiger partial charge in [0.15, 0.2) is 0 Å². The van der Waals surface area contributed by atoms with Crippen molar-refractivity contribution in [1.29, 1.82) is 0 Å². The highest BCUT2D eigenvalue weighted by atomic mass is 14.3. The van der Waals surface area contributed by atoms with Crippen molar-refractivity contribution in [3.05, 3.63) is 24.8 Å². The number of rotatable bonds is 7. The van der Waals surface area contributed by atoms with Gasteiger partial charge in [-0.05, 0) is 86.9 Å². The molecule has 0 bridgehead atoms. The van der Waals surface area contributed by atoms with Gasteiger partial charge in [-0.1, -0.05) is 51.8 Å². The van der Waals surface area contributed by atoms with Gasteiger partial charge in [-0.2, -0.15) is 0 Å². The summed E-state index contributed by atoms with van der Waals surface area (Å²) in [5.74, 6) is 5.38. The largest absolute Gasteiger partial charge is 0.103 e. The molecule has 2 fully saturated rings. The Morgan fingerprint density at radius 2 is 1.35 bits per heavy atom. The molecule has 2 aliphatic carbocycles. The van der Waals surface area contributed by atoms with Crippen LogP contribution < -0.4 is 0 Å². The third-order valence-electron chi connectivity index (χ3n) is 6.74. The summed E-state index contributed by atoms with van der Waals surface area (Å²) in [6.45, 7) is 11.0. The maximum Gasteiger partial charge on any atom is -0.0233 e. The average Bonchev–Trinajstić information content (AvgIpc) is 2.59. The van der Waals surface area contributed by atoms with E-state index in [1.165, 1.54) is 64.2 Å². The van der Waals surface area contributed by atoms with Crippen molar-refractivity contribution < 1.29 is 0 Å². The highest BCUT2D eigenvalue weighted by Gasteiger charge is 2.29. The molecule has 0 heteroatoms. The standard InChI is InChI=1S/C23H40/c1-5-18(2)6-7-19(3)8-11-21-12-16-23(17-13-21)22-14-9-20(4)10-15-22/h5,8,11,18-23H,1,6-7,9-10,12-17H2,2-4H3/b11-8+. The molecule has 0 aliphatic heterocycles. The molecule has 0 amide bonds. The molecule has 0 aromatic heterocycles. The van der Waals surface area contributed by atoms with Crippen LogP contribution in [-0.4, -0.2) is 0 Å². The lowest BCUT2D eigenvalue weighted by atomic mass is 9.69. The van der Waals surface area contributed by atoms with Crippen molar-refractivity contribution >= 4 is 0 Å². The summed E-state index contributed by atoms with van der Waals surface area (Å²) in [5, 5.41) is 0. The summed E-state index contributed by atoms with van der Waals surface area (Å²) < 4.78 is 0. The molecule has 0 spiro atoms. The predicted molar refractivity (Wildman–Crippen MR) is 103 cm³/mol. The molecule has 0 heterocycles. The third kappa shape index (κ3) is 6.48. The first-order valence-electron chi connectivity index (χ1n) is 10.4. The molecular formula is C23H40. The van der Waals surface area contributed by atoms with E-state index in [2.05, 4.69) is 45.6 Å². The molecular weight excluding hydrogens is 276 g/mol. The molecule has 0 nitrogen and oxygen atoms in total. The van der Waals surface area contributed by atoms with Crippen molar-refractivity contribution in [2.24, 2.45) is 35.5 Å². The highest BCUT2D eigenvalue weighted by molar-refractivity contribution is 4.95. The van der Waals surface area contributed by atoms with Crippen molar-refractivity contribution in [3.63, 3.8) is 0 Å². The normalized spacial score (nSPS) is 35.1. The van der Waals surface area contributed by atoms with Crippen LogP contribution in [0.4, 0.5) is 0 Å². The molecule has 2 saturated carbocycles. The van der Waals surface area contributed by atoms with Crippen LogP contribution in [0.3, 0.4) is 0 Å². The zero-order valence-electron chi connectivity index (χ0n) is 16.0. The zero-order valence-corrected chi connectivity index (χ0v) is 16.0. The first-order chi connectivity index (χ1) is 11.1. The quantitative estimate of drug-likeness (QED) is 0.429. The van der Waals surface area contributed by atoms with Gasteiger partial charge >= 0.3 is 0 Å². The maximum absolute atomic E-state index is 3.89. The van der Waals surface area contributed by atoms with Gasteiger partial charge in [0.2, 0.25) is 0 Å². The summed E-state index contributed by atoms with van der Waals surface area (Å²) in [6, 6.07) is 0. The Kier molecular flexibility index (Phi) is 7.93. The van der Waals surface area contributed by atoms with Crippen molar-refractivity contribution in [1.82, 2.24) is 0 Å². The van der Waals surface area contributed by atoms with Gasteiger partial charge in [-0.3, -0.25) is 0 Å². The van der Waals surface area contributed by atoms with Gasteiger partial charge < -0.3 is 0 Å². The van der Waals surface area contributed by atoms with E-state index in [1.54, 1.807) is 0 Å². The number of allylic oxidation sites excluding steroid dienone is 3. The molecule has 0 N–H and O–H groups in total. The second kappa shape index (κ2) is 9.70. The molecule has 132 valence electrons. The van der Waals surface area contributed by atoms with Gasteiger partial charge in [0.25, 0.3) is 0 Å². The minimum Gasteiger partial charge on any atom is -0.103 e. The minimum atomic E-state index is 0.666. The van der Waals surface area contributed by atoms with Crippen molar-refractivity contribution in [2.45, 2.75) is 85.0 Å². The van der Waals surface area contributed by atoms with E-state index in [4.69, 9.17) is 0 Å². The van der Waals surface area contributed by atoms with E-state index in [0.29, 0.717) is 5.92 Å². The molecule has 2 atom stereocenters. The molecule has 23 heavy (non-hydrogen) atoms. The van der Waals surface area contributed by atoms with Crippen molar-refractivity contribution in [3.8, 4) is 0 Å². The maximum atomic E-state index is 3.89. The second-order valence-corrected chi connectivity index (χ2v) is 8.85. The first kappa shape index (κ1) is 18.8. The summed E-state index contributed by atoms with van der Waals surface area (Å²) >= 11 is 0. The molecule has 2 aliphatic rings. The molecule has 0 radical (unpaired) electrons. The van der Waals surface area contributed by atoms with Crippen LogP contribution in [0, 0.1) is 35.5 Å². The van der Waals surface area contributed by atoms with E-state index in [9.17, 15) is 0 Å². The Balaban J connectivity index is 1.66. The average molecular weight is 317 g/mol. The van der Waals surface area contributed by atoms with Gasteiger partial charge in [-0.15, -0.1) is 6.58 Å². The number of hydrogen-bond donors (Lipinski definition) is 0. The lowest BCUT2D eigenvalue weighted by Gasteiger charge is -2.36. The Hall–Kier alpha value is -0.520. The van der Waals surface area contributed by atoms with Crippen LogP contribution in [0.25, 0.3) is 0 Å². The van der Waals surface area contributed by atoms with Gasteiger partial charge in [-0.25, -0.2) is 0 Å². The van der Waals surface area contributed by atoms with Crippen molar-refractivity contribution in [2.75, 3.05) is 0 Å². The summed E-state index contributed by atoms with van der Waals surface area (Å²) in [4.78, 5) is 0. The third-order valence-corrected chi connectivity index (χ3v) is 6.74. The Morgan fingerprint density at radius 1 is 0.826 bits per heavy atom. The van der Waals surface area contributed by atoms with Crippen LogP contribution in [0.15, 0.2) is 24.8 Å². The second-order valence-electron chi connectivity index (χ2n) is 8.85.